The lowest BCUT2D eigenvalue weighted by molar-refractivity contribution is 0.101. The number of nitrogens with one attached hydrogen (secondary N) is 2. The van der Waals surface area contributed by atoms with Crippen molar-refractivity contribution < 1.29 is 9.53 Å². The van der Waals surface area contributed by atoms with Crippen LogP contribution in [-0.4, -0.2) is 31.0 Å². The molecule has 6 nitrogen and oxygen atoms in total. The van der Waals surface area contributed by atoms with Gasteiger partial charge in [0, 0.05) is 54.0 Å². The number of aromatic nitrogens is 1. The molecule has 0 radical (unpaired) electrons. The molecule has 1 fully saturated rings. The average molecular weight is 431 g/mol. The molecule has 0 saturated carbocycles. The summed E-state index contributed by atoms with van der Waals surface area (Å²) in [6, 6.07) is 15.7. The van der Waals surface area contributed by atoms with Gasteiger partial charge in [-0.2, -0.15) is 0 Å². The Kier molecular flexibility index (Phi) is 6.59. The van der Waals surface area contributed by atoms with Crippen molar-refractivity contribution in [1.29, 1.82) is 0 Å². The van der Waals surface area contributed by atoms with Gasteiger partial charge in [-0.15, -0.1) is 0 Å². The van der Waals surface area contributed by atoms with Crippen molar-refractivity contribution in [2.24, 2.45) is 0 Å². The number of methoxy groups -OCH3 is 1. The third-order valence-electron chi connectivity index (χ3n) is 5.85. The number of ether oxygens (including phenoxy) is 1. The van der Waals surface area contributed by atoms with Gasteiger partial charge in [-0.05, 0) is 62.9 Å². The number of rotatable bonds is 7. The molecule has 2 N–H and O–H groups in total. The zero-order valence-corrected chi connectivity index (χ0v) is 18.9. The van der Waals surface area contributed by atoms with Crippen LogP contribution in [0.2, 0.25) is 0 Å². The minimum Gasteiger partial charge on any atom is -0.494 e. The number of benzene rings is 2. The maximum atomic E-state index is 12.0. The first-order chi connectivity index (χ1) is 15.5. The Hall–Kier alpha value is -3.54. The van der Waals surface area contributed by atoms with Crippen LogP contribution in [0.1, 0.15) is 42.1 Å². The maximum absolute atomic E-state index is 12.0. The molecule has 32 heavy (non-hydrogen) atoms. The summed E-state index contributed by atoms with van der Waals surface area (Å²) in [7, 11) is 1.69. The standard InChI is InChI=1S/C26H30N4O2/c1-18-17-27-26(16-24(18)28-22-10-6-5-9-21(22)19(2)31)29-23-12-11-20(15-25(23)32-3)30-13-7-4-8-14-30/h5-6,9-12,15-17H,4,7-8,13-14H2,1-3H3,(H2,27,28,29). The fraction of sp³-hybridized carbons (Fsp3) is 0.308. The number of anilines is 5. The first-order valence-electron chi connectivity index (χ1n) is 11.1. The molecular formula is C26H30N4O2. The molecule has 0 atom stereocenters. The van der Waals surface area contributed by atoms with Crippen LogP contribution < -0.4 is 20.3 Å². The van der Waals surface area contributed by atoms with E-state index >= 15 is 0 Å². The summed E-state index contributed by atoms with van der Waals surface area (Å²) in [6.45, 7) is 5.74. The van der Waals surface area contributed by atoms with Crippen LogP contribution in [-0.2, 0) is 0 Å². The van der Waals surface area contributed by atoms with Gasteiger partial charge in [-0.1, -0.05) is 12.1 Å². The van der Waals surface area contributed by atoms with Gasteiger partial charge in [0.2, 0.25) is 0 Å². The molecule has 1 aliphatic rings. The summed E-state index contributed by atoms with van der Waals surface area (Å²) < 4.78 is 5.67. The Bertz CT molecular complexity index is 1110. The molecule has 4 rings (SSSR count). The molecule has 0 aliphatic carbocycles. The predicted molar refractivity (Wildman–Crippen MR) is 131 cm³/mol. The van der Waals surface area contributed by atoms with E-state index in [0.29, 0.717) is 11.4 Å². The number of piperidine rings is 1. The molecule has 1 aliphatic heterocycles. The average Bonchev–Trinajstić information content (AvgIpc) is 2.82. The van der Waals surface area contributed by atoms with E-state index in [1.54, 1.807) is 14.0 Å². The fourth-order valence-electron chi connectivity index (χ4n) is 4.04. The quantitative estimate of drug-likeness (QED) is 0.443. The zero-order valence-electron chi connectivity index (χ0n) is 18.9. The molecule has 3 aromatic rings. The number of pyridine rings is 1. The summed E-state index contributed by atoms with van der Waals surface area (Å²) in [5.41, 5.74) is 5.37. The topological polar surface area (TPSA) is 66.5 Å². The largest absolute Gasteiger partial charge is 0.494 e. The lowest BCUT2D eigenvalue weighted by atomic mass is 10.1. The van der Waals surface area contributed by atoms with Crippen molar-refractivity contribution in [1.82, 2.24) is 4.98 Å². The van der Waals surface area contributed by atoms with Crippen molar-refractivity contribution in [3.8, 4) is 5.75 Å². The van der Waals surface area contributed by atoms with Crippen LogP contribution in [0.25, 0.3) is 0 Å². The minimum absolute atomic E-state index is 0.0247. The SMILES string of the molecule is COc1cc(N2CCCCC2)ccc1Nc1cc(Nc2ccccc2C(C)=O)c(C)cn1. The monoisotopic (exact) mass is 430 g/mol. The maximum Gasteiger partial charge on any atom is 0.161 e. The predicted octanol–water partition coefficient (Wildman–Crippen LogP) is 6.08. The second-order valence-electron chi connectivity index (χ2n) is 8.17. The molecule has 0 bridgehead atoms. The Balaban J connectivity index is 1.57. The van der Waals surface area contributed by atoms with Crippen LogP contribution in [0, 0.1) is 6.92 Å². The van der Waals surface area contributed by atoms with Gasteiger partial charge < -0.3 is 20.3 Å². The Morgan fingerprint density at radius 2 is 1.75 bits per heavy atom. The number of hydrogen-bond acceptors (Lipinski definition) is 6. The molecule has 1 aromatic heterocycles. The van der Waals surface area contributed by atoms with E-state index in [2.05, 4.69) is 32.7 Å². The van der Waals surface area contributed by atoms with E-state index in [9.17, 15) is 4.79 Å². The van der Waals surface area contributed by atoms with Gasteiger partial charge in [0.1, 0.15) is 11.6 Å². The number of aryl methyl sites for hydroxylation is 1. The minimum atomic E-state index is 0.0247. The molecule has 1 saturated heterocycles. The van der Waals surface area contributed by atoms with Crippen LogP contribution in [0.15, 0.2) is 54.7 Å². The second kappa shape index (κ2) is 9.73. The Labute approximate surface area is 189 Å². The Morgan fingerprint density at radius 3 is 2.50 bits per heavy atom. The smallest absolute Gasteiger partial charge is 0.161 e. The van der Waals surface area contributed by atoms with E-state index < -0.39 is 0 Å². The van der Waals surface area contributed by atoms with Gasteiger partial charge >= 0.3 is 0 Å². The van der Waals surface area contributed by atoms with Crippen molar-refractivity contribution in [3.63, 3.8) is 0 Å². The van der Waals surface area contributed by atoms with Crippen molar-refractivity contribution >= 4 is 34.4 Å². The van der Waals surface area contributed by atoms with Crippen molar-refractivity contribution in [2.75, 3.05) is 35.7 Å². The van der Waals surface area contributed by atoms with E-state index in [1.165, 1.54) is 24.9 Å². The summed E-state index contributed by atoms with van der Waals surface area (Å²) in [4.78, 5) is 18.9. The number of para-hydroxylation sites is 1. The number of Topliss-reactive ketones (excluding diaryl/α,β-unsaturated/α-hetero) is 1. The van der Waals surface area contributed by atoms with Crippen LogP contribution >= 0.6 is 0 Å². The number of nitrogens with zero attached hydrogens (tertiary/aromatic N) is 2. The van der Waals surface area contributed by atoms with Gasteiger partial charge in [-0.3, -0.25) is 4.79 Å². The first-order valence-corrected chi connectivity index (χ1v) is 11.1. The van der Waals surface area contributed by atoms with Gasteiger partial charge in [-0.25, -0.2) is 4.98 Å². The molecule has 6 heteroatoms. The Morgan fingerprint density at radius 1 is 0.969 bits per heavy atom. The zero-order chi connectivity index (χ0) is 22.5. The normalized spacial score (nSPS) is 13.5. The highest BCUT2D eigenvalue weighted by Gasteiger charge is 2.14. The molecule has 0 spiro atoms. The van der Waals surface area contributed by atoms with E-state index in [4.69, 9.17) is 4.74 Å². The third kappa shape index (κ3) is 4.85. The third-order valence-corrected chi connectivity index (χ3v) is 5.85. The summed E-state index contributed by atoms with van der Waals surface area (Å²) >= 11 is 0. The first kappa shape index (κ1) is 21.7. The second-order valence-corrected chi connectivity index (χ2v) is 8.17. The number of carbonyl (C=O) groups is 1. The number of carbonyl (C=O) groups excluding carboxylic acids is 1. The van der Waals surface area contributed by atoms with Crippen LogP contribution in [0.3, 0.4) is 0 Å². The molecular weight excluding hydrogens is 400 g/mol. The highest BCUT2D eigenvalue weighted by Crippen LogP contribution is 2.34. The summed E-state index contributed by atoms with van der Waals surface area (Å²) in [5, 5.41) is 6.77. The molecule has 2 aromatic carbocycles. The van der Waals surface area contributed by atoms with Crippen LogP contribution in [0.5, 0.6) is 5.75 Å². The van der Waals surface area contributed by atoms with E-state index in [-0.39, 0.29) is 5.78 Å². The highest BCUT2D eigenvalue weighted by molar-refractivity contribution is 6.00. The molecule has 0 unspecified atom stereocenters. The lowest BCUT2D eigenvalue weighted by Gasteiger charge is -2.29. The van der Waals surface area contributed by atoms with Gasteiger partial charge in [0.15, 0.2) is 5.78 Å². The summed E-state index contributed by atoms with van der Waals surface area (Å²) in [6.07, 6.45) is 5.59. The summed E-state index contributed by atoms with van der Waals surface area (Å²) in [5.74, 6) is 1.51. The van der Waals surface area contributed by atoms with E-state index in [0.717, 1.165) is 41.5 Å². The molecule has 2 heterocycles. The van der Waals surface area contributed by atoms with Crippen molar-refractivity contribution in [3.05, 3.63) is 65.9 Å². The number of hydrogen-bond donors (Lipinski definition) is 2. The van der Waals surface area contributed by atoms with Gasteiger partial charge in [0.05, 0.1) is 12.8 Å². The molecule has 0 amide bonds. The fourth-order valence-corrected chi connectivity index (χ4v) is 4.04. The van der Waals surface area contributed by atoms with Crippen molar-refractivity contribution in [2.45, 2.75) is 33.1 Å². The lowest BCUT2D eigenvalue weighted by Crippen LogP contribution is -2.29. The van der Waals surface area contributed by atoms with Gasteiger partial charge in [0.25, 0.3) is 0 Å². The van der Waals surface area contributed by atoms with Crippen LogP contribution in [0.4, 0.5) is 28.6 Å². The molecule has 166 valence electrons. The highest BCUT2D eigenvalue weighted by atomic mass is 16.5. The number of ketones is 1. The van der Waals surface area contributed by atoms with E-state index in [1.807, 2.05) is 49.5 Å².